The Morgan fingerprint density at radius 1 is 0.731 bits per heavy atom. The monoisotopic (exact) mass is 704 g/mol. The highest BCUT2D eigenvalue weighted by atomic mass is 19.3. The Hall–Kier alpha value is -4.98. The summed E-state index contributed by atoms with van der Waals surface area (Å²) in [5, 5.41) is -0.601. The Balaban J connectivity index is 1.41. The van der Waals surface area contributed by atoms with Crippen LogP contribution >= 0.6 is 0 Å². The van der Waals surface area contributed by atoms with Gasteiger partial charge in [-0.05, 0) is 95.0 Å². The van der Waals surface area contributed by atoms with Crippen molar-refractivity contribution < 1.29 is 27.2 Å². The van der Waals surface area contributed by atoms with Gasteiger partial charge >= 0.3 is 6.17 Å². The summed E-state index contributed by atoms with van der Waals surface area (Å²) in [4.78, 5) is 0. The number of hydrogen-bond donors (Lipinski definition) is 0. The summed E-state index contributed by atoms with van der Waals surface area (Å²) in [6.45, 7) is 11.3. The van der Waals surface area contributed by atoms with E-state index in [0.29, 0.717) is 22.3 Å². The molecule has 0 saturated heterocycles. The van der Waals surface area contributed by atoms with Crippen LogP contribution < -0.4 is 19.7 Å². The molecule has 2 heterocycles. The summed E-state index contributed by atoms with van der Waals surface area (Å²) in [7, 11) is 1.61. The first-order valence-electron chi connectivity index (χ1n) is 17.8. The summed E-state index contributed by atoms with van der Waals surface area (Å²) in [5.41, 5.74) is 4.83. The minimum absolute atomic E-state index is 0.0449. The smallest absolute Gasteiger partial charge is 0.467 e. The number of ether oxygens (including phenoxy) is 2. The Bertz CT molecular complexity index is 2310. The summed E-state index contributed by atoms with van der Waals surface area (Å²) in [6, 6.07) is 26.8. The van der Waals surface area contributed by atoms with E-state index in [1.165, 1.54) is 12.1 Å². The molecule has 4 aliphatic rings. The second-order valence-electron chi connectivity index (χ2n) is 16.7. The van der Waals surface area contributed by atoms with E-state index in [1.54, 1.807) is 7.11 Å². The molecule has 5 aromatic carbocycles. The van der Waals surface area contributed by atoms with Crippen LogP contribution in [-0.2, 0) is 11.0 Å². The molecule has 1 unspecified atom stereocenters. The van der Waals surface area contributed by atoms with Gasteiger partial charge in [-0.2, -0.15) is 8.78 Å². The Kier molecular flexibility index (Phi) is 6.67. The van der Waals surface area contributed by atoms with Crippen LogP contribution in [0.15, 0.2) is 91.0 Å². The van der Waals surface area contributed by atoms with E-state index in [-0.39, 0.29) is 10.8 Å². The number of nitrogens with zero attached hydrogens (tertiary/aromatic N) is 2. The lowest BCUT2D eigenvalue weighted by Gasteiger charge is -2.52. The van der Waals surface area contributed by atoms with Gasteiger partial charge in [0.1, 0.15) is 22.9 Å². The SMILES string of the molecule is COc1ccc(C2(c3ccc(C)cc3)C=Cc3c4c(c5cc6c(cc5c3O2)N(F)C(F)(F)N6F)-c2ccccc2C42CC(C)(C)CC(C)(C)C2)cc1. The number of methoxy groups -OCH3 is 1. The number of halogens is 4. The summed E-state index contributed by atoms with van der Waals surface area (Å²) in [5.74, 6) is 1.13. The van der Waals surface area contributed by atoms with E-state index in [9.17, 15) is 8.78 Å². The molecule has 0 N–H and O–H groups in total. The lowest BCUT2D eigenvalue weighted by molar-refractivity contribution is -0.0660. The third-order valence-corrected chi connectivity index (χ3v) is 11.7. The number of alkyl halides is 2. The highest BCUT2D eigenvalue weighted by Crippen LogP contribution is 2.67. The van der Waals surface area contributed by atoms with Gasteiger partial charge in [0.05, 0.1) is 7.11 Å². The molecule has 5 aromatic rings. The maximum absolute atomic E-state index is 15.4. The third-order valence-electron chi connectivity index (χ3n) is 11.7. The van der Waals surface area contributed by atoms with Gasteiger partial charge in [0, 0.05) is 27.5 Å². The van der Waals surface area contributed by atoms with Crippen LogP contribution in [0.4, 0.5) is 29.1 Å². The van der Waals surface area contributed by atoms with Gasteiger partial charge in [-0.15, -0.1) is 10.2 Å². The molecule has 266 valence electrons. The molecule has 0 radical (unpaired) electrons. The van der Waals surface area contributed by atoms with Crippen molar-refractivity contribution in [3.05, 3.63) is 124 Å². The van der Waals surface area contributed by atoms with Crippen LogP contribution in [0.25, 0.3) is 28.0 Å². The van der Waals surface area contributed by atoms with Crippen LogP contribution in [-0.4, -0.2) is 13.3 Å². The fourth-order valence-corrected chi connectivity index (χ4v) is 10.5. The molecule has 0 amide bonds. The molecule has 0 bridgehead atoms. The first kappa shape index (κ1) is 32.9. The third kappa shape index (κ3) is 4.39. The molecule has 1 spiro atoms. The van der Waals surface area contributed by atoms with Crippen LogP contribution in [0, 0.1) is 17.8 Å². The predicted octanol–water partition coefficient (Wildman–Crippen LogP) is 12.0. The van der Waals surface area contributed by atoms with Crippen molar-refractivity contribution in [2.24, 2.45) is 10.8 Å². The van der Waals surface area contributed by atoms with Gasteiger partial charge in [0.25, 0.3) is 0 Å². The molecule has 4 nitrogen and oxygen atoms in total. The lowest BCUT2D eigenvalue weighted by atomic mass is 9.52. The first-order valence-corrected chi connectivity index (χ1v) is 17.8. The minimum Gasteiger partial charge on any atom is -0.497 e. The van der Waals surface area contributed by atoms with E-state index in [1.807, 2.05) is 61.5 Å². The number of rotatable bonds is 3. The van der Waals surface area contributed by atoms with Crippen molar-refractivity contribution in [1.29, 1.82) is 0 Å². The van der Waals surface area contributed by atoms with Gasteiger partial charge in [-0.3, -0.25) is 0 Å². The molecule has 1 atom stereocenters. The molecule has 9 rings (SSSR count). The van der Waals surface area contributed by atoms with Gasteiger partial charge in [0.15, 0.2) is 5.60 Å². The largest absolute Gasteiger partial charge is 0.497 e. The predicted molar refractivity (Wildman–Crippen MR) is 198 cm³/mol. The van der Waals surface area contributed by atoms with E-state index in [0.717, 1.165) is 63.8 Å². The van der Waals surface area contributed by atoms with E-state index >= 15 is 8.96 Å². The van der Waals surface area contributed by atoms with Crippen LogP contribution in [0.2, 0.25) is 0 Å². The van der Waals surface area contributed by atoms with Crippen molar-refractivity contribution in [1.82, 2.24) is 0 Å². The minimum atomic E-state index is -4.50. The topological polar surface area (TPSA) is 24.9 Å². The zero-order chi connectivity index (χ0) is 36.6. The van der Waals surface area contributed by atoms with Crippen LogP contribution in [0.1, 0.15) is 80.3 Å². The van der Waals surface area contributed by atoms with Crippen molar-refractivity contribution in [3.8, 4) is 22.6 Å². The first-order chi connectivity index (χ1) is 24.6. The number of hydrogen-bond acceptors (Lipinski definition) is 4. The highest BCUT2D eigenvalue weighted by Gasteiger charge is 2.58. The average Bonchev–Trinajstić information content (AvgIpc) is 3.46. The van der Waals surface area contributed by atoms with Crippen molar-refractivity contribution >= 4 is 28.2 Å². The summed E-state index contributed by atoms with van der Waals surface area (Å²) in [6.07, 6.45) is 2.40. The Morgan fingerprint density at radius 3 is 1.92 bits per heavy atom. The Labute approximate surface area is 301 Å². The van der Waals surface area contributed by atoms with Crippen molar-refractivity contribution in [2.75, 3.05) is 17.4 Å². The molecule has 1 saturated carbocycles. The van der Waals surface area contributed by atoms with Gasteiger partial charge < -0.3 is 9.47 Å². The molecule has 2 aliphatic carbocycles. The number of anilines is 2. The molecule has 2 aliphatic heterocycles. The van der Waals surface area contributed by atoms with Crippen molar-refractivity contribution in [2.45, 2.75) is 71.1 Å². The van der Waals surface area contributed by atoms with E-state index in [4.69, 9.17) is 9.47 Å². The number of aryl methyl sites for hydroxylation is 1. The second kappa shape index (κ2) is 10.6. The molecule has 8 heteroatoms. The van der Waals surface area contributed by atoms with Crippen molar-refractivity contribution in [3.63, 3.8) is 0 Å². The standard InChI is InChI=1S/C44H40F4N2O2/c1-26-11-13-27(14-12-26)43(28-15-17-29(51-6)18-16-28)20-19-31-38-37(30-9-7-8-10-34(30)42(38)24-40(2,3)23-41(4,5)25-42)32-21-35-36(22-33(32)39(31)52-43)50(48)44(45,46)49(35)47/h7-22H,23-25H2,1-6H3. The maximum Gasteiger partial charge on any atom is 0.467 e. The lowest BCUT2D eigenvalue weighted by Crippen LogP contribution is -2.44. The normalized spacial score (nSPS) is 22.5. The van der Waals surface area contributed by atoms with Crippen LogP contribution in [0.3, 0.4) is 0 Å². The molecular weight excluding hydrogens is 664 g/mol. The summed E-state index contributed by atoms with van der Waals surface area (Å²) < 4.78 is 73.7. The average molecular weight is 705 g/mol. The molecule has 0 aromatic heterocycles. The quantitative estimate of drug-likeness (QED) is 0.106. The number of benzene rings is 5. The van der Waals surface area contributed by atoms with Gasteiger partial charge in [-0.25, -0.2) is 0 Å². The number of fused-ring (bicyclic) bond motifs is 11. The van der Waals surface area contributed by atoms with Gasteiger partial charge in [-0.1, -0.05) is 109 Å². The second-order valence-corrected chi connectivity index (χ2v) is 16.7. The van der Waals surface area contributed by atoms with Crippen LogP contribution in [0.5, 0.6) is 11.5 Å². The zero-order valence-electron chi connectivity index (χ0n) is 30.1. The highest BCUT2D eigenvalue weighted by molar-refractivity contribution is 6.11. The molecular formula is C44H40F4N2O2. The fraction of sp³-hybridized carbons (Fsp3) is 0.318. The fourth-order valence-electron chi connectivity index (χ4n) is 10.5. The van der Waals surface area contributed by atoms with Gasteiger partial charge in [0.2, 0.25) is 0 Å². The van der Waals surface area contributed by atoms with E-state index in [2.05, 4.69) is 58.0 Å². The Morgan fingerprint density at radius 2 is 1.31 bits per heavy atom. The molecule has 1 fully saturated rings. The molecule has 52 heavy (non-hydrogen) atoms. The zero-order valence-corrected chi connectivity index (χ0v) is 30.1. The maximum atomic E-state index is 15.4. The van der Waals surface area contributed by atoms with E-state index < -0.39 is 38.8 Å². The summed E-state index contributed by atoms with van der Waals surface area (Å²) >= 11 is 0.